The summed E-state index contributed by atoms with van der Waals surface area (Å²) >= 11 is 0. The average molecular weight is 262 g/mol. The summed E-state index contributed by atoms with van der Waals surface area (Å²) in [6.45, 7) is 4.94. The van der Waals surface area contributed by atoms with Crippen LogP contribution in [0.25, 0.3) is 0 Å². The first-order chi connectivity index (χ1) is 8.90. The van der Waals surface area contributed by atoms with Crippen LogP contribution in [0.2, 0.25) is 0 Å². The van der Waals surface area contributed by atoms with Crippen LogP contribution in [0.15, 0.2) is 34.6 Å². The lowest BCUT2D eigenvalue weighted by Gasteiger charge is -2.15. The molecule has 19 heavy (non-hydrogen) atoms. The zero-order valence-electron chi connectivity index (χ0n) is 11.5. The molecule has 6 nitrogen and oxygen atoms in total. The minimum absolute atomic E-state index is 0.260. The average Bonchev–Trinajstić information content (AvgIpc) is 2.36. The number of carbonyl (C=O) groups is 2. The van der Waals surface area contributed by atoms with E-state index >= 15 is 0 Å². The molecule has 1 N–H and O–H groups in total. The number of hydrogen-bond acceptors (Lipinski definition) is 4. The van der Waals surface area contributed by atoms with E-state index in [-0.39, 0.29) is 11.8 Å². The summed E-state index contributed by atoms with van der Waals surface area (Å²) in [7, 11) is 1.50. The normalized spacial score (nSPS) is 12.2. The Hall–Kier alpha value is -2.24. The Bertz CT molecular complexity index is 482. The van der Waals surface area contributed by atoms with Crippen molar-refractivity contribution in [2.45, 2.75) is 26.8 Å². The third kappa shape index (κ3) is 4.87. The van der Waals surface area contributed by atoms with Crippen LogP contribution in [0.5, 0.6) is 0 Å². The van der Waals surface area contributed by atoms with E-state index in [0.29, 0.717) is 5.69 Å². The van der Waals surface area contributed by atoms with E-state index in [9.17, 15) is 9.59 Å². The van der Waals surface area contributed by atoms with Gasteiger partial charge in [0.15, 0.2) is 0 Å². The Kier molecular flexibility index (Phi) is 5.17. The molecule has 1 aromatic carbocycles. The smallest absolute Gasteiger partial charge is 0.266 e. The van der Waals surface area contributed by atoms with Crippen LogP contribution >= 0.6 is 0 Å². The molecule has 0 saturated carbocycles. The second kappa shape index (κ2) is 6.63. The van der Waals surface area contributed by atoms with E-state index in [0.717, 1.165) is 10.6 Å². The Labute approximate surface area is 112 Å². The molecule has 2 amide bonds. The van der Waals surface area contributed by atoms with Gasteiger partial charge in [-0.15, -0.1) is 5.11 Å². The molecule has 0 bridgehead atoms. The van der Waals surface area contributed by atoms with Crippen LogP contribution in [0.1, 0.15) is 19.4 Å². The number of benzene rings is 1. The van der Waals surface area contributed by atoms with Crippen LogP contribution in [-0.2, 0) is 9.59 Å². The van der Waals surface area contributed by atoms with Crippen molar-refractivity contribution in [3.63, 3.8) is 0 Å². The summed E-state index contributed by atoms with van der Waals surface area (Å²) in [5, 5.41) is 11.4. The van der Waals surface area contributed by atoms with Gasteiger partial charge in [-0.25, -0.2) is 5.01 Å². The van der Waals surface area contributed by atoms with Crippen molar-refractivity contribution in [2.75, 3.05) is 7.05 Å². The fraction of sp³-hybridized carbons (Fsp3) is 0.385. The molecule has 102 valence electrons. The Morgan fingerprint density at radius 1 is 1.26 bits per heavy atom. The number of hydrogen-bond donors (Lipinski definition) is 1. The van der Waals surface area contributed by atoms with E-state index in [1.54, 1.807) is 6.92 Å². The highest BCUT2D eigenvalue weighted by Gasteiger charge is 2.17. The van der Waals surface area contributed by atoms with Crippen LogP contribution < -0.4 is 5.32 Å². The molecular formula is C13H18N4O2. The Morgan fingerprint density at radius 3 is 2.37 bits per heavy atom. The molecule has 1 rings (SSSR count). The zero-order valence-corrected chi connectivity index (χ0v) is 11.5. The predicted molar refractivity (Wildman–Crippen MR) is 71.7 cm³/mol. The standard InChI is InChI=1S/C13H18N4O2/c1-9-5-7-12(8-6-9)15-16-17(4)13(19)10(2)14-11(3)18/h5-8,10H,1-4H3,(H,14,18)/t10-/m0/s1. The van der Waals surface area contributed by atoms with Crippen molar-refractivity contribution in [1.82, 2.24) is 10.3 Å². The number of carbonyl (C=O) groups excluding carboxylic acids is 2. The molecule has 0 unspecified atom stereocenters. The quantitative estimate of drug-likeness (QED) is 0.665. The van der Waals surface area contributed by atoms with Crippen LogP contribution in [0.4, 0.5) is 5.69 Å². The second-order valence-corrected chi connectivity index (χ2v) is 4.31. The molecule has 0 heterocycles. The molecule has 0 saturated heterocycles. The number of likely N-dealkylation sites (N-methyl/N-ethyl adjacent to an activating group) is 1. The Balaban J connectivity index is 2.63. The van der Waals surface area contributed by atoms with Crippen molar-refractivity contribution in [3.8, 4) is 0 Å². The van der Waals surface area contributed by atoms with Gasteiger partial charge in [0, 0.05) is 14.0 Å². The summed E-state index contributed by atoms with van der Waals surface area (Å²) in [6.07, 6.45) is 0. The maximum absolute atomic E-state index is 11.8. The van der Waals surface area contributed by atoms with Crippen molar-refractivity contribution in [2.24, 2.45) is 10.3 Å². The summed E-state index contributed by atoms with van der Waals surface area (Å²) < 4.78 is 0. The minimum atomic E-state index is -0.625. The first kappa shape index (κ1) is 14.8. The van der Waals surface area contributed by atoms with Gasteiger partial charge in [0.25, 0.3) is 5.91 Å². The topological polar surface area (TPSA) is 74.1 Å². The zero-order chi connectivity index (χ0) is 14.4. The summed E-state index contributed by atoms with van der Waals surface area (Å²) in [5.41, 5.74) is 1.79. The van der Waals surface area contributed by atoms with Crippen LogP contribution in [0, 0.1) is 6.92 Å². The number of rotatable bonds is 4. The van der Waals surface area contributed by atoms with Crippen LogP contribution in [-0.4, -0.2) is 29.9 Å². The highest BCUT2D eigenvalue weighted by molar-refractivity contribution is 5.86. The molecule has 6 heteroatoms. The highest BCUT2D eigenvalue weighted by atomic mass is 16.2. The molecule has 0 spiro atoms. The van der Waals surface area contributed by atoms with E-state index in [1.165, 1.54) is 14.0 Å². The third-order valence-electron chi connectivity index (χ3n) is 2.44. The van der Waals surface area contributed by atoms with Crippen molar-refractivity contribution in [3.05, 3.63) is 29.8 Å². The molecule has 0 aliphatic heterocycles. The monoisotopic (exact) mass is 262 g/mol. The second-order valence-electron chi connectivity index (χ2n) is 4.31. The predicted octanol–water partition coefficient (Wildman–Crippen LogP) is 1.98. The van der Waals surface area contributed by atoms with Gasteiger partial charge in [-0.1, -0.05) is 22.9 Å². The van der Waals surface area contributed by atoms with E-state index in [4.69, 9.17) is 0 Å². The SMILES string of the molecule is CC(=O)N[C@@H](C)C(=O)N(C)N=Nc1ccc(C)cc1. The molecule has 1 aromatic rings. The van der Waals surface area contributed by atoms with Crippen molar-refractivity contribution < 1.29 is 9.59 Å². The van der Waals surface area contributed by atoms with Gasteiger partial charge in [0.2, 0.25) is 5.91 Å². The van der Waals surface area contributed by atoms with Crippen LogP contribution in [0.3, 0.4) is 0 Å². The maximum Gasteiger partial charge on any atom is 0.266 e. The van der Waals surface area contributed by atoms with Gasteiger partial charge in [-0.2, -0.15) is 0 Å². The fourth-order valence-electron chi connectivity index (χ4n) is 1.42. The molecular weight excluding hydrogens is 244 g/mol. The lowest BCUT2D eigenvalue weighted by Crippen LogP contribution is -2.42. The van der Waals surface area contributed by atoms with Gasteiger partial charge >= 0.3 is 0 Å². The first-order valence-electron chi connectivity index (χ1n) is 5.93. The summed E-state index contributed by atoms with van der Waals surface area (Å²) in [6, 6.07) is 6.83. The van der Waals surface area contributed by atoms with Crippen molar-refractivity contribution in [1.29, 1.82) is 0 Å². The van der Waals surface area contributed by atoms with Gasteiger partial charge < -0.3 is 5.32 Å². The molecule has 0 aromatic heterocycles. The molecule has 1 atom stereocenters. The van der Waals surface area contributed by atoms with E-state index < -0.39 is 6.04 Å². The Morgan fingerprint density at radius 2 is 1.84 bits per heavy atom. The summed E-state index contributed by atoms with van der Waals surface area (Å²) in [5.74, 6) is -0.587. The lowest BCUT2D eigenvalue weighted by molar-refractivity contribution is -0.134. The number of amides is 2. The lowest BCUT2D eigenvalue weighted by atomic mass is 10.2. The van der Waals surface area contributed by atoms with E-state index in [2.05, 4.69) is 15.7 Å². The molecule has 0 radical (unpaired) electrons. The molecule has 0 aliphatic carbocycles. The highest BCUT2D eigenvalue weighted by Crippen LogP contribution is 2.13. The van der Waals surface area contributed by atoms with Gasteiger partial charge in [-0.05, 0) is 26.0 Å². The minimum Gasteiger partial charge on any atom is -0.345 e. The van der Waals surface area contributed by atoms with Gasteiger partial charge in [-0.3, -0.25) is 9.59 Å². The van der Waals surface area contributed by atoms with Gasteiger partial charge in [0.05, 0.1) is 5.69 Å². The van der Waals surface area contributed by atoms with Gasteiger partial charge in [0.1, 0.15) is 6.04 Å². The van der Waals surface area contributed by atoms with E-state index in [1.807, 2.05) is 31.2 Å². The molecule has 0 aliphatic rings. The van der Waals surface area contributed by atoms with Crippen molar-refractivity contribution >= 4 is 17.5 Å². The third-order valence-corrected chi connectivity index (χ3v) is 2.44. The number of aryl methyl sites for hydroxylation is 1. The first-order valence-corrected chi connectivity index (χ1v) is 5.93. The molecule has 0 fully saturated rings. The number of nitrogens with one attached hydrogen (secondary N) is 1. The number of nitrogens with zero attached hydrogens (tertiary/aromatic N) is 3. The maximum atomic E-state index is 11.8. The summed E-state index contributed by atoms with van der Waals surface area (Å²) in [4.78, 5) is 22.7. The fourth-order valence-corrected chi connectivity index (χ4v) is 1.42. The largest absolute Gasteiger partial charge is 0.345 e.